The summed E-state index contributed by atoms with van der Waals surface area (Å²) < 4.78 is 0. The molecule has 0 aliphatic rings. The van der Waals surface area contributed by atoms with E-state index in [4.69, 9.17) is 0 Å². The molecule has 3 heteroatoms. The topological polar surface area (TPSA) is 40.5 Å². The second-order valence-electron chi connectivity index (χ2n) is 5.38. The number of carboxylic acid groups (broad SMARTS) is 1. The molecule has 0 saturated heterocycles. The minimum Gasteiger partial charge on any atom is -0.481 e. The van der Waals surface area contributed by atoms with Gasteiger partial charge in [0.15, 0.2) is 0 Å². The Hall–Kier alpha value is -1.35. The molecule has 0 aliphatic heterocycles. The summed E-state index contributed by atoms with van der Waals surface area (Å²) in [5.74, 6) is -0.721. The molecule has 0 radical (unpaired) electrons. The van der Waals surface area contributed by atoms with Gasteiger partial charge < -0.3 is 10.0 Å². The molecule has 1 aromatic carbocycles. The van der Waals surface area contributed by atoms with Crippen molar-refractivity contribution >= 4 is 5.97 Å². The fourth-order valence-electron chi connectivity index (χ4n) is 2.10. The summed E-state index contributed by atoms with van der Waals surface area (Å²) in [6.07, 6.45) is 0.639. The average molecular weight is 249 g/mol. The smallest absolute Gasteiger partial charge is 0.310 e. The molecule has 1 atom stereocenters. The van der Waals surface area contributed by atoms with Crippen LogP contribution < -0.4 is 0 Å². The van der Waals surface area contributed by atoms with E-state index in [2.05, 4.69) is 30.0 Å². The van der Waals surface area contributed by atoms with Gasteiger partial charge in [0.25, 0.3) is 0 Å². The summed E-state index contributed by atoms with van der Waals surface area (Å²) in [5.41, 5.74) is 1.79. The minimum atomic E-state index is -0.721. The SMILES string of the molecule is CCC(C)(CN(C)Cc1cccc(C)c1)C(=O)O. The summed E-state index contributed by atoms with van der Waals surface area (Å²) in [5, 5.41) is 9.26. The zero-order chi connectivity index (χ0) is 13.8. The maximum absolute atomic E-state index is 11.3. The van der Waals surface area contributed by atoms with Gasteiger partial charge in [-0.3, -0.25) is 4.79 Å². The molecule has 100 valence electrons. The van der Waals surface area contributed by atoms with Crippen molar-refractivity contribution in [2.75, 3.05) is 13.6 Å². The van der Waals surface area contributed by atoms with Crippen LogP contribution in [-0.4, -0.2) is 29.6 Å². The van der Waals surface area contributed by atoms with Crippen molar-refractivity contribution in [3.05, 3.63) is 35.4 Å². The van der Waals surface area contributed by atoms with Crippen LogP contribution >= 0.6 is 0 Å². The number of aliphatic carboxylic acids is 1. The Morgan fingerprint density at radius 3 is 2.61 bits per heavy atom. The first-order chi connectivity index (χ1) is 8.37. The van der Waals surface area contributed by atoms with Gasteiger partial charge in [0.05, 0.1) is 5.41 Å². The Bertz CT molecular complexity index is 417. The molecule has 0 saturated carbocycles. The van der Waals surface area contributed by atoms with E-state index in [9.17, 15) is 9.90 Å². The highest BCUT2D eigenvalue weighted by molar-refractivity contribution is 5.74. The molecule has 0 amide bonds. The Balaban J connectivity index is 2.66. The standard InChI is InChI=1S/C15H23NO2/c1-5-15(3,14(17)18)11-16(4)10-13-8-6-7-12(2)9-13/h6-9H,5,10-11H2,1-4H3,(H,17,18). The van der Waals surface area contributed by atoms with E-state index in [0.29, 0.717) is 13.0 Å². The monoisotopic (exact) mass is 249 g/mol. The molecule has 0 fully saturated rings. The first-order valence-corrected chi connectivity index (χ1v) is 6.35. The molecule has 1 aromatic rings. The van der Waals surface area contributed by atoms with Gasteiger partial charge in [-0.15, -0.1) is 0 Å². The highest BCUT2D eigenvalue weighted by atomic mass is 16.4. The fourth-order valence-corrected chi connectivity index (χ4v) is 2.10. The van der Waals surface area contributed by atoms with Crippen molar-refractivity contribution < 1.29 is 9.90 Å². The van der Waals surface area contributed by atoms with E-state index in [0.717, 1.165) is 6.54 Å². The summed E-state index contributed by atoms with van der Waals surface area (Å²) >= 11 is 0. The van der Waals surface area contributed by atoms with E-state index in [1.165, 1.54) is 11.1 Å². The zero-order valence-electron chi connectivity index (χ0n) is 11.7. The largest absolute Gasteiger partial charge is 0.481 e. The first kappa shape index (κ1) is 14.7. The molecule has 0 spiro atoms. The lowest BCUT2D eigenvalue weighted by molar-refractivity contribution is -0.149. The van der Waals surface area contributed by atoms with Gasteiger partial charge in [0, 0.05) is 13.1 Å². The van der Waals surface area contributed by atoms with Crippen LogP contribution in [0.1, 0.15) is 31.4 Å². The van der Waals surface area contributed by atoms with Gasteiger partial charge in [0.1, 0.15) is 0 Å². The lowest BCUT2D eigenvalue weighted by Crippen LogP contribution is -2.38. The number of hydrogen-bond donors (Lipinski definition) is 1. The van der Waals surface area contributed by atoms with Crippen LogP contribution in [0.3, 0.4) is 0 Å². The Kier molecular flexibility index (Phi) is 4.91. The number of rotatable bonds is 6. The lowest BCUT2D eigenvalue weighted by atomic mass is 9.87. The van der Waals surface area contributed by atoms with E-state index < -0.39 is 11.4 Å². The van der Waals surface area contributed by atoms with E-state index in [1.54, 1.807) is 0 Å². The van der Waals surface area contributed by atoms with E-state index in [-0.39, 0.29) is 0 Å². The Labute approximate surface area is 109 Å². The predicted molar refractivity (Wildman–Crippen MR) is 73.5 cm³/mol. The van der Waals surface area contributed by atoms with Gasteiger partial charge in [0.2, 0.25) is 0 Å². The molecular formula is C15H23NO2. The van der Waals surface area contributed by atoms with Crippen molar-refractivity contribution in [2.45, 2.75) is 33.7 Å². The second-order valence-corrected chi connectivity index (χ2v) is 5.38. The predicted octanol–water partition coefficient (Wildman–Crippen LogP) is 2.93. The third-order valence-corrected chi connectivity index (χ3v) is 3.45. The van der Waals surface area contributed by atoms with Crippen LogP contribution in [-0.2, 0) is 11.3 Å². The molecular weight excluding hydrogens is 226 g/mol. The molecule has 0 aliphatic carbocycles. The molecule has 0 heterocycles. The van der Waals surface area contributed by atoms with Crippen LogP contribution in [0.15, 0.2) is 24.3 Å². The molecule has 3 nitrogen and oxygen atoms in total. The quantitative estimate of drug-likeness (QED) is 0.842. The Morgan fingerprint density at radius 2 is 2.11 bits per heavy atom. The van der Waals surface area contributed by atoms with Gasteiger partial charge in [-0.2, -0.15) is 0 Å². The zero-order valence-corrected chi connectivity index (χ0v) is 11.7. The van der Waals surface area contributed by atoms with Crippen molar-refractivity contribution in [3.63, 3.8) is 0 Å². The first-order valence-electron chi connectivity index (χ1n) is 6.35. The summed E-state index contributed by atoms with van der Waals surface area (Å²) in [7, 11) is 1.97. The molecule has 0 bridgehead atoms. The lowest BCUT2D eigenvalue weighted by Gasteiger charge is -2.29. The van der Waals surface area contributed by atoms with Gasteiger partial charge in [-0.1, -0.05) is 36.8 Å². The number of aryl methyl sites for hydroxylation is 1. The maximum atomic E-state index is 11.3. The number of benzene rings is 1. The van der Waals surface area contributed by atoms with Crippen LogP contribution in [0.25, 0.3) is 0 Å². The number of carboxylic acids is 1. The van der Waals surface area contributed by atoms with Crippen LogP contribution in [0, 0.1) is 12.3 Å². The normalized spacial score (nSPS) is 14.5. The highest BCUT2D eigenvalue weighted by Crippen LogP contribution is 2.23. The maximum Gasteiger partial charge on any atom is 0.310 e. The number of carbonyl (C=O) groups is 1. The summed E-state index contributed by atoms with van der Waals surface area (Å²) in [4.78, 5) is 13.3. The van der Waals surface area contributed by atoms with Crippen molar-refractivity contribution in [3.8, 4) is 0 Å². The Morgan fingerprint density at radius 1 is 1.44 bits per heavy atom. The second kappa shape index (κ2) is 6.01. The van der Waals surface area contributed by atoms with Crippen LogP contribution in [0.4, 0.5) is 0 Å². The van der Waals surface area contributed by atoms with E-state index in [1.807, 2.05) is 27.0 Å². The third kappa shape index (κ3) is 3.84. The summed E-state index contributed by atoms with van der Waals surface area (Å²) in [6.45, 7) is 7.14. The minimum absolute atomic E-state index is 0.562. The van der Waals surface area contributed by atoms with E-state index >= 15 is 0 Å². The van der Waals surface area contributed by atoms with Gasteiger partial charge in [-0.05, 0) is 32.9 Å². The third-order valence-electron chi connectivity index (χ3n) is 3.45. The van der Waals surface area contributed by atoms with Crippen LogP contribution in [0.2, 0.25) is 0 Å². The molecule has 1 unspecified atom stereocenters. The van der Waals surface area contributed by atoms with Crippen molar-refractivity contribution in [1.29, 1.82) is 0 Å². The van der Waals surface area contributed by atoms with Crippen molar-refractivity contribution in [2.24, 2.45) is 5.41 Å². The van der Waals surface area contributed by atoms with Crippen LogP contribution in [0.5, 0.6) is 0 Å². The molecule has 1 rings (SSSR count). The number of nitrogens with zero attached hydrogens (tertiary/aromatic N) is 1. The van der Waals surface area contributed by atoms with Crippen molar-refractivity contribution in [1.82, 2.24) is 4.90 Å². The fraction of sp³-hybridized carbons (Fsp3) is 0.533. The summed E-state index contributed by atoms with van der Waals surface area (Å²) in [6, 6.07) is 8.32. The average Bonchev–Trinajstić information content (AvgIpc) is 2.28. The van der Waals surface area contributed by atoms with Gasteiger partial charge >= 0.3 is 5.97 Å². The molecule has 0 aromatic heterocycles. The molecule has 18 heavy (non-hydrogen) atoms. The van der Waals surface area contributed by atoms with Gasteiger partial charge in [-0.25, -0.2) is 0 Å². The number of hydrogen-bond acceptors (Lipinski definition) is 2. The highest BCUT2D eigenvalue weighted by Gasteiger charge is 2.32. The molecule has 1 N–H and O–H groups in total.